The SMILES string of the molecule is CNC(=O)Cc1ccc(NC(=O)/C=C/c2ccc(NC(C)=O)cc2)cc1. The largest absolute Gasteiger partial charge is 0.359 e. The monoisotopic (exact) mass is 351 g/mol. The van der Waals surface area contributed by atoms with Crippen molar-refractivity contribution >= 4 is 35.2 Å². The highest BCUT2D eigenvalue weighted by atomic mass is 16.2. The van der Waals surface area contributed by atoms with E-state index in [0.29, 0.717) is 17.8 Å². The van der Waals surface area contributed by atoms with Gasteiger partial charge >= 0.3 is 0 Å². The Bertz CT molecular complexity index is 809. The molecule has 0 aliphatic heterocycles. The van der Waals surface area contributed by atoms with Crippen LogP contribution in [0, 0.1) is 0 Å². The maximum Gasteiger partial charge on any atom is 0.248 e. The lowest BCUT2D eigenvalue weighted by Crippen LogP contribution is -2.19. The average molecular weight is 351 g/mol. The highest BCUT2D eigenvalue weighted by molar-refractivity contribution is 6.02. The number of rotatable bonds is 6. The normalized spacial score (nSPS) is 10.4. The number of anilines is 2. The van der Waals surface area contributed by atoms with Gasteiger partial charge in [0.15, 0.2) is 0 Å². The molecule has 0 saturated heterocycles. The fraction of sp³-hybridized carbons (Fsp3) is 0.150. The predicted octanol–water partition coefficient (Wildman–Crippen LogP) is 2.59. The van der Waals surface area contributed by atoms with Crippen molar-refractivity contribution in [3.05, 3.63) is 65.7 Å². The van der Waals surface area contributed by atoms with Crippen molar-refractivity contribution in [3.63, 3.8) is 0 Å². The Balaban J connectivity index is 1.90. The molecule has 0 unspecified atom stereocenters. The Kier molecular flexibility index (Phi) is 6.68. The third-order valence-electron chi connectivity index (χ3n) is 3.52. The van der Waals surface area contributed by atoms with Gasteiger partial charge in [-0.3, -0.25) is 14.4 Å². The summed E-state index contributed by atoms with van der Waals surface area (Å²) in [6.07, 6.45) is 3.43. The molecule has 2 aromatic rings. The van der Waals surface area contributed by atoms with Gasteiger partial charge in [0.1, 0.15) is 0 Å². The molecule has 0 fully saturated rings. The summed E-state index contributed by atoms with van der Waals surface area (Å²) in [6, 6.07) is 14.3. The lowest BCUT2D eigenvalue weighted by atomic mass is 10.1. The second kappa shape index (κ2) is 9.17. The zero-order chi connectivity index (χ0) is 18.9. The summed E-state index contributed by atoms with van der Waals surface area (Å²) in [6.45, 7) is 1.45. The standard InChI is InChI=1S/C20H21N3O3/c1-14(24)22-17-8-3-15(4-9-17)7-12-19(25)23-18-10-5-16(6-11-18)13-20(26)21-2/h3-12H,13H2,1-2H3,(H,21,26)(H,22,24)(H,23,25)/b12-7+. The molecular formula is C20H21N3O3. The van der Waals surface area contributed by atoms with Crippen LogP contribution in [0.15, 0.2) is 54.6 Å². The quantitative estimate of drug-likeness (QED) is 0.699. The first-order valence-electron chi connectivity index (χ1n) is 8.12. The summed E-state index contributed by atoms with van der Waals surface area (Å²) < 4.78 is 0. The van der Waals surface area contributed by atoms with Crippen LogP contribution >= 0.6 is 0 Å². The van der Waals surface area contributed by atoms with E-state index in [1.165, 1.54) is 13.0 Å². The van der Waals surface area contributed by atoms with Crippen LogP contribution in [0.3, 0.4) is 0 Å². The van der Waals surface area contributed by atoms with Crippen LogP contribution in [0.5, 0.6) is 0 Å². The molecule has 0 bridgehead atoms. The fourth-order valence-electron chi connectivity index (χ4n) is 2.22. The van der Waals surface area contributed by atoms with E-state index in [9.17, 15) is 14.4 Å². The summed E-state index contributed by atoms with van der Waals surface area (Å²) in [5.41, 5.74) is 3.07. The van der Waals surface area contributed by atoms with E-state index in [2.05, 4.69) is 16.0 Å². The summed E-state index contributed by atoms with van der Waals surface area (Å²) in [5.74, 6) is -0.446. The van der Waals surface area contributed by atoms with Gasteiger partial charge in [0.25, 0.3) is 0 Å². The third-order valence-corrected chi connectivity index (χ3v) is 3.52. The molecule has 2 rings (SSSR count). The van der Waals surface area contributed by atoms with E-state index < -0.39 is 0 Å². The molecule has 6 nitrogen and oxygen atoms in total. The zero-order valence-electron chi connectivity index (χ0n) is 14.7. The molecule has 0 radical (unpaired) electrons. The van der Waals surface area contributed by atoms with Crippen LogP contribution in [0.2, 0.25) is 0 Å². The van der Waals surface area contributed by atoms with E-state index in [-0.39, 0.29) is 17.7 Å². The van der Waals surface area contributed by atoms with Gasteiger partial charge in [0, 0.05) is 31.4 Å². The van der Waals surface area contributed by atoms with Crippen LogP contribution < -0.4 is 16.0 Å². The zero-order valence-corrected chi connectivity index (χ0v) is 14.7. The molecule has 2 aromatic carbocycles. The Morgan fingerprint density at radius 1 is 0.885 bits per heavy atom. The van der Waals surface area contributed by atoms with Crippen LogP contribution in [-0.2, 0) is 20.8 Å². The first-order valence-corrected chi connectivity index (χ1v) is 8.12. The molecule has 3 amide bonds. The van der Waals surface area contributed by atoms with Crippen molar-refractivity contribution in [3.8, 4) is 0 Å². The van der Waals surface area contributed by atoms with Crippen LogP contribution in [0.1, 0.15) is 18.1 Å². The van der Waals surface area contributed by atoms with Gasteiger partial charge in [0.05, 0.1) is 6.42 Å². The average Bonchev–Trinajstić information content (AvgIpc) is 2.62. The molecule has 0 aromatic heterocycles. The van der Waals surface area contributed by atoms with Crippen LogP contribution in [0.25, 0.3) is 6.08 Å². The maximum absolute atomic E-state index is 12.0. The number of amides is 3. The first kappa shape index (κ1) is 18.9. The summed E-state index contributed by atoms with van der Waals surface area (Å²) in [5, 5.41) is 8.01. The molecule has 3 N–H and O–H groups in total. The minimum Gasteiger partial charge on any atom is -0.359 e. The smallest absolute Gasteiger partial charge is 0.248 e. The number of nitrogens with one attached hydrogen (secondary N) is 3. The van der Waals surface area contributed by atoms with Crippen molar-refractivity contribution in [2.24, 2.45) is 0 Å². The number of benzene rings is 2. The van der Waals surface area contributed by atoms with E-state index in [0.717, 1.165) is 11.1 Å². The Hall–Kier alpha value is -3.41. The van der Waals surface area contributed by atoms with Crippen LogP contribution in [-0.4, -0.2) is 24.8 Å². The number of carbonyl (C=O) groups is 3. The van der Waals surface area contributed by atoms with Crippen molar-refractivity contribution in [1.29, 1.82) is 0 Å². The fourth-order valence-corrected chi connectivity index (χ4v) is 2.22. The van der Waals surface area contributed by atoms with Gasteiger partial charge in [-0.15, -0.1) is 0 Å². The molecule has 0 atom stereocenters. The molecule has 0 saturated carbocycles. The molecule has 6 heteroatoms. The van der Waals surface area contributed by atoms with Crippen molar-refractivity contribution in [1.82, 2.24) is 5.32 Å². The van der Waals surface area contributed by atoms with Crippen molar-refractivity contribution in [2.75, 3.05) is 17.7 Å². The highest BCUT2D eigenvalue weighted by Gasteiger charge is 2.02. The molecule has 0 aliphatic rings. The topological polar surface area (TPSA) is 87.3 Å². The summed E-state index contributed by atoms with van der Waals surface area (Å²) >= 11 is 0. The molecule has 0 aliphatic carbocycles. The molecule has 26 heavy (non-hydrogen) atoms. The van der Waals surface area contributed by atoms with E-state index >= 15 is 0 Å². The number of likely N-dealkylation sites (N-methyl/N-ethyl adjacent to an activating group) is 1. The first-order chi connectivity index (χ1) is 12.5. The molecular weight excluding hydrogens is 330 g/mol. The molecule has 0 heterocycles. The summed E-state index contributed by atoms with van der Waals surface area (Å²) in [4.78, 5) is 34.3. The summed E-state index contributed by atoms with van der Waals surface area (Å²) in [7, 11) is 1.59. The predicted molar refractivity (Wildman–Crippen MR) is 103 cm³/mol. The number of carbonyl (C=O) groups excluding carboxylic acids is 3. The molecule has 0 spiro atoms. The minimum absolute atomic E-state index is 0.0609. The van der Waals surface area contributed by atoms with Gasteiger partial charge in [-0.25, -0.2) is 0 Å². The van der Waals surface area contributed by atoms with Gasteiger partial charge < -0.3 is 16.0 Å². The lowest BCUT2D eigenvalue weighted by Gasteiger charge is -2.05. The van der Waals surface area contributed by atoms with E-state index in [1.54, 1.807) is 49.5 Å². The Morgan fingerprint density at radius 2 is 1.46 bits per heavy atom. The Labute approximate surface area is 152 Å². The number of hydrogen-bond donors (Lipinski definition) is 3. The third kappa shape index (κ3) is 6.24. The highest BCUT2D eigenvalue weighted by Crippen LogP contribution is 2.12. The lowest BCUT2D eigenvalue weighted by molar-refractivity contribution is -0.120. The van der Waals surface area contributed by atoms with Crippen molar-refractivity contribution < 1.29 is 14.4 Å². The van der Waals surface area contributed by atoms with Gasteiger partial charge in [0.2, 0.25) is 17.7 Å². The van der Waals surface area contributed by atoms with Crippen molar-refractivity contribution in [2.45, 2.75) is 13.3 Å². The van der Waals surface area contributed by atoms with E-state index in [1.807, 2.05) is 12.1 Å². The van der Waals surface area contributed by atoms with Crippen LogP contribution in [0.4, 0.5) is 11.4 Å². The Morgan fingerprint density at radius 3 is 2.04 bits per heavy atom. The van der Waals surface area contributed by atoms with Gasteiger partial charge in [-0.2, -0.15) is 0 Å². The van der Waals surface area contributed by atoms with Gasteiger partial charge in [-0.1, -0.05) is 24.3 Å². The second-order valence-corrected chi connectivity index (χ2v) is 5.67. The maximum atomic E-state index is 12.0. The minimum atomic E-state index is -0.255. The van der Waals surface area contributed by atoms with Gasteiger partial charge in [-0.05, 0) is 41.5 Å². The molecule has 134 valence electrons. The number of hydrogen-bond acceptors (Lipinski definition) is 3. The second-order valence-electron chi connectivity index (χ2n) is 5.67. The van der Waals surface area contributed by atoms with E-state index in [4.69, 9.17) is 0 Å².